The SMILES string of the molecule is CNC(=O)[C@@H](C)NCc1csc(C(C)C)n1.Cl. The van der Waals surface area contributed by atoms with Gasteiger partial charge >= 0.3 is 0 Å². The van der Waals surface area contributed by atoms with E-state index in [0.29, 0.717) is 12.5 Å². The van der Waals surface area contributed by atoms with Gasteiger partial charge in [0.15, 0.2) is 0 Å². The van der Waals surface area contributed by atoms with Gasteiger partial charge in [-0.05, 0) is 6.92 Å². The van der Waals surface area contributed by atoms with Crippen LogP contribution in [-0.2, 0) is 11.3 Å². The van der Waals surface area contributed by atoms with Gasteiger partial charge < -0.3 is 10.6 Å². The number of hydrogen-bond donors (Lipinski definition) is 2. The Morgan fingerprint density at radius 2 is 2.12 bits per heavy atom. The average Bonchev–Trinajstić information content (AvgIpc) is 2.73. The predicted molar refractivity (Wildman–Crippen MR) is 73.8 cm³/mol. The fourth-order valence-corrected chi connectivity index (χ4v) is 2.07. The Bertz CT molecular complexity index is 354. The zero-order valence-electron chi connectivity index (χ0n) is 10.6. The molecule has 98 valence electrons. The van der Waals surface area contributed by atoms with Crippen LogP contribution < -0.4 is 10.6 Å². The third-order valence-corrected chi connectivity index (χ3v) is 3.49. The standard InChI is InChI=1S/C11H19N3OS.ClH/c1-7(2)11-14-9(6-16-11)5-13-8(3)10(15)12-4;/h6-8,13H,5H2,1-4H3,(H,12,15);1H/t8-;/m1./s1. The molecule has 0 saturated heterocycles. The summed E-state index contributed by atoms with van der Waals surface area (Å²) < 4.78 is 0. The van der Waals surface area contributed by atoms with Crippen LogP contribution in [0.25, 0.3) is 0 Å². The molecule has 0 unspecified atom stereocenters. The van der Waals surface area contributed by atoms with Crippen LogP contribution >= 0.6 is 23.7 Å². The van der Waals surface area contributed by atoms with Crippen LogP contribution in [0.4, 0.5) is 0 Å². The van der Waals surface area contributed by atoms with Crippen molar-refractivity contribution in [2.75, 3.05) is 7.05 Å². The van der Waals surface area contributed by atoms with Crippen LogP contribution in [0.15, 0.2) is 5.38 Å². The Morgan fingerprint density at radius 1 is 1.47 bits per heavy atom. The average molecular weight is 278 g/mol. The van der Waals surface area contributed by atoms with Crippen molar-refractivity contribution in [3.63, 3.8) is 0 Å². The fraction of sp³-hybridized carbons (Fsp3) is 0.636. The van der Waals surface area contributed by atoms with Gasteiger partial charge in [0, 0.05) is 24.9 Å². The summed E-state index contributed by atoms with van der Waals surface area (Å²) in [5.74, 6) is 0.467. The van der Waals surface area contributed by atoms with Crippen molar-refractivity contribution in [3.05, 3.63) is 16.1 Å². The lowest BCUT2D eigenvalue weighted by Crippen LogP contribution is -2.40. The maximum Gasteiger partial charge on any atom is 0.236 e. The van der Waals surface area contributed by atoms with Crippen LogP contribution in [0.2, 0.25) is 0 Å². The lowest BCUT2D eigenvalue weighted by Gasteiger charge is -2.10. The lowest BCUT2D eigenvalue weighted by atomic mass is 10.2. The van der Waals surface area contributed by atoms with Crippen LogP contribution in [0, 0.1) is 0 Å². The smallest absolute Gasteiger partial charge is 0.236 e. The van der Waals surface area contributed by atoms with Gasteiger partial charge in [0.25, 0.3) is 0 Å². The van der Waals surface area contributed by atoms with E-state index in [1.165, 1.54) is 0 Å². The van der Waals surface area contributed by atoms with Gasteiger partial charge in [-0.2, -0.15) is 0 Å². The highest BCUT2D eigenvalue weighted by Gasteiger charge is 2.11. The largest absolute Gasteiger partial charge is 0.358 e. The topological polar surface area (TPSA) is 54.0 Å². The molecule has 0 aliphatic heterocycles. The molecule has 17 heavy (non-hydrogen) atoms. The van der Waals surface area contributed by atoms with E-state index in [2.05, 4.69) is 29.5 Å². The first-order valence-electron chi connectivity index (χ1n) is 5.44. The van der Waals surface area contributed by atoms with Crippen molar-refractivity contribution in [1.82, 2.24) is 15.6 Å². The summed E-state index contributed by atoms with van der Waals surface area (Å²) in [6, 6.07) is -0.186. The zero-order valence-corrected chi connectivity index (χ0v) is 12.2. The maximum absolute atomic E-state index is 11.3. The number of carbonyl (C=O) groups excluding carboxylic acids is 1. The van der Waals surface area contributed by atoms with Gasteiger partial charge in [0.2, 0.25) is 5.91 Å². The number of nitrogens with one attached hydrogen (secondary N) is 2. The van der Waals surface area contributed by atoms with Crippen molar-refractivity contribution in [2.24, 2.45) is 0 Å². The Kier molecular flexibility index (Phi) is 7.34. The van der Waals surface area contributed by atoms with E-state index in [-0.39, 0.29) is 24.4 Å². The molecule has 0 aliphatic carbocycles. The molecule has 4 nitrogen and oxygen atoms in total. The van der Waals surface area contributed by atoms with Gasteiger partial charge in [-0.3, -0.25) is 4.79 Å². The summed E-state index contributed by atoms with van der Waals surface area (Å²) in [4.78, 5) is 15.7. The predicted octanol–water partition coefficient (Wildman–Crippen LogP) is 1.91. The maximum atomic E-state index is 11.3. The van der Waals surface area contributed by atoms with E-state index in [4.69, 9.17) is 0 Å². The van der Waals surface area contributed by atoms with Gasteiger partial charge in [0.1, 0.15) is 0 Å². The minimum atomic E-state index is -0.186. The number of carbonyl (C=O) groups is 1. The van der Waals surface area contributed by atoms with Gasteiger partial charge in [-0.25, -0.2) is 4.98 Å². The van der Waals surface area contributed by atoms with E-state index in [0.717, 1.165) is 10.7 Å². The Hall–Kier alpha value is -0.650. The molecule has 0 bridgehead atoms. The molecule has 2 N–H and O–H groups in total. The molecular weight excluding hydrogens is 258 g/mol. The molecule has 1 rings (SSSR count). The van der Waals surface area contributed by atoms with Crippen molar-refractivity contribution in [3.8, 4) is 0 Å². The van der Waals surface area contributed by atoms with E-state index >= 15 is 0 Å². The van der Waals surface area contributed by atoms with Crippen LogP contribution in [0.5, 0.6) is 0 Å². The minimum Gasteiger partial charge on any atom is -0.358 e. The first-order valence-corrected chi connectivity index (χ1v) is 6.31. The number of amides is 1. The number of halogens is 1. The van der Waals surface area contributed by atoms with Gasteiger partial charge in [0.05, 0.1) is 16.7 Å². The van der Waals surface area contributed by atoms with Crippen molar-refractivity contribution >= 4 is 29.7 Å². The van der Waals surface area contributed by atoms with Crippen molar-refractivity contribution in [1.29, 1.82) is 0 Å². The second-order valence-electron chi connectivity index (χ2n) is 4.05. The molecule has 6 heteroatoms. The van der Waals surface area contributed by atoms with Gasteiger partial charge in [-0.15, -0.1) is 23.7 Å². The molecule has 1 amide bonds. The molecule has 0 aromatic carbocycles. The van der Waals surface area contributed by atoms with Crippen LogP contribution in [0.3, 0.4) is 0 Å². The Balaban J connectivity index is 0.00000256. The number of thiazole rings is 1. The third-order valence-electron chi connectivity index (χ3n) is 2.29. The summed E-state index contributed by atoms with van der Waals surface area (Å²) >= 11 is 1.67. The quantitative estimate of drug-likeness (QED) is 0.865. The molecule has 1 aromatic heterocycles. The summed E-state index contributed by atoms with van der Waals surface area (Å²) in [5, 5.41) is 8.92. The number of rotatable bonds is 5. The highest BCUT2D eigenvalue weighted by molar-refractivity contribution is 7.09. The summed E-state index contributed by atoms with van der Waals surface area (Å²) in [6.07, 6.45) is 0. The molecule has 0 radical (unpaired) electrons. The number of nitrogens with zero attached hydrogens (tertiary/aromatic N) is 1. The number of hydrogen-bond acceptors (Lipinski definition) is 4. The normalized spacial score (nSPS) is 12.1. The Labute approximate surface area is 113 Å². The van der Waals surface area contributed by atoms with E-state index in [1.54, 1.807) is 18.4 Å². The van der Waals surface area contributed by atoms with Crippen molar-refractivity contribution in [2.45, 2.75) is 39.3 Å². The third kappa shape index (κ3) is 5.02. The zero-order chi connectivity index (χ0) is 12.1. The van der Waals surface area contributed by atoms with E-state index in [1.807, 2.05) is 12.3 Å². The monoisotopic (exact) mass is 277 g/mol. The molecule has 0 aliphatic rings. The van der Waals surface area contributed by atoms with Crippen molar-refractivity contribution < 1.29 is 4.79 Å². The molecule has 1 atom stereocenters. The number of likely N-dealkylation sites (N-methyl/N-ethyl adjacent to an activating group) is 1. The fourth-order valence-electron chi connectivity index (χ4n) is 1.24. The van der Waals surface area contributed by atoms with E-state index < -0.39 is 0 Å². The second-order valence-corrected chi connectivity index (χ2v) is 4.94. The minimum absolute atomic E-state index is 0. The highest BCUT2D eigenvalue weighted by Crippen LogP contribution is 2.18. The summed E-state index contributed by atoms with van der Waals surface area (Å²) in [5.41, 5.74) is 1.00. The summed E-state index contributed by atoms with van der Waals surface area (Å²) in [6.45, 7) is 6.73. The molecule has 1 aromatic rings. The molecule has 1 heterocycles. The van der Waals surface area contributed by atoms with Gasteiger partial charge in [-0.1, -0.05) is 13.8 Å². The first kappa shape index (κ1) is 16.4. The molecule has 0 saturated carbocycles. The number of aromatic nitrogens is 1. The second kappa shape index (κ2) is 7.63. The first-order chi connectivity index (χ1) is 7.54. The molecular formula is C11H20ClN3OS. The van der Waals surface area contributed by atoms with Crippen LogP contribution in [0.1, 0.15) is 37.4 Å². The molecule has 0 fully saturated rings. The van der Waals surface area contributed by atoms with E-state index in [9.17, 15) is 4.79 Å². The lowest BCUT2D eigenvalue weighted by molar-refractivity contribution is -0.122. The summed E-state index contributed by atoms with van der Waals surface area (Å²) in [7, 11) is 1.64. The molecule has 0 spiro atoms. The Morgan fingerprint density at radius 3 is 2.59 bits per heavy atom. The highest BCUT2D eigenvalue weighted by atomic mass is 35.5. The van der Waals surface area contributed by atoms with Crippen LogP contribution in [-0.4, -0.2) is 24.0 Å².